The van der Waals surface area contributed by atoms with Crippen LogP contribution in [0.25, 0.3) is 0 Å². The van der Waals surface area contributed by atoms with Crippen molar-refractivity contribution in [1.29, 1.82) is 0 Å². The Morgan fingerprint density at radius 3 is 2.73 bits per heavy atom. The monoisotopic (exact) mass is 353 g/mol. The number of amides is 1. The van der Waals surface area contributed by atoms with E-state index in [1.807, 2.05) is 36.1 Å². The molecule has 5 heteroatoms. The fraction of sp³-hybridized carbons (Fsp3) is 0.429. The van der Waals surface area contributed by atoms with Crippen molar-refractivity contribution in [3.63, 3.8) is 0 Å². The molecule has 1 aromatic heterocycles. The zero-order valence-corrected chi connectivity index (χ0v) is 15.5. The van der Waals surface area contributed by atoms with Crippen LogP contribution in [0.5, 0.6) is 0 Å². The SMILES string of the molecule is Cc1cccc(C(O)CNc2ccc(C(=O)N3CCC(C)CC3)cn2)c1. The van der Waals surface area contributed by atoms with Crippen LogP contribution in [-0.2, 0) is 0 Å². The summed E-state index contributed by atoms with van der Waals surface area (Å²) in [5.74, 6) is 1.40. The second-order valence-electron chi connectivity index (χ2n) is 7.22. The van der Waals surface area contributed by atoms with Gasteiger partial charge in [0.2, 0.25) is 0 Å². The number of hydrogen-bond acceptors (Lipinski definition) is 4. The zero-order valence-electron chi connectivity index (χ0n) is 15.5. The van der Waals surface area contributed by atoms with Gasteiger partial charge in [0, 0.05) is 25.8 Å². The molecule has 3 rings (SSSR count). The van der Waals surface area contributed by atoms with E-state index >= 15 is 0 Å². The molecule has 2 heterocycles. The van der Waals surface area contributed by atoms with E-state index in [9.17, 15) is 9.90 Å². The molecule has 26 heavy (non-hydrogen) atoms. The lowest BCUT2D eigenvalue weighted by atomic mass is 9.99. The first-order valence-electron chi connectivity index (χ1n) is 9.27. The number of carbonyl (C=O) groups excluding carboxylic acids is 1. The van der Waals surface area contributed by atoms with Crippen LogP contribution in [0.2, 0.25) is 0 Å². The van der Waals surface area contributed by atoms with Gasteiger partial charge in [-0.25, -0.2) is 4.98 Å². The molecular weight excluding hydrogens is 326 g/mol. The third kappa shape index (κ3) is 4.61. The Morgan fingerprint density at radius 2 is 2.08 bits per heavy atom. The van der Waals surface area contributed by atoms with E-state index < -0.39 is 6.10 Å². The van der Waals surface area contributed by atoms with E-state index in [1.165, 1.54) is 0 Å². The molecule has 1 amide bonds. The fourth-order valence-electron chi connectivity index (χ4n) is 3.22. The summed E-state index contributed by atoms with van der Waals surface area (Å²) in [6.07, 6.45) is 3.14. The first kappa shape index (κ1) is 18.4. The Balaban J connectivity index is 1.55. The molecule has 1 aromatic carbocycles. The van der Waals surface area contributed by atoms with Crippen LogP contribution in [0.15, 0.2) is 42.6 Å². The van der Waals surface area contributed by atoms with E-state index in [1.54, 1.807) is 18.3 Å². The van der Waals surface area contributed by atoms with Crippen molar-refractivity contribution in [2.45, 2.75) is 32.8 Å². The van der Waals surface area contributed by atoms with Gasteiger partial charge in [-0.15, -0.1) is 0 Å². The average molecular weight is 353 g/mol. The minimum absolute atomic E-state index is 0.0516. The number of aliphatic hydroxyl groups is 1. The molecule has 1 aliphatic rings. The Morgan fingerprint density at radius 1 is 1.31 bits per heavy atom. The van der Waals surface area contributed by atoms with Gasteiger partial charge < -0.3 is 15.3 Å². The third-order valence-electron chi connectivity index (χ3n) is 4.98. The smallest absolute Gasteiger partial charge is 0.255 e. The number of anilines is 1. The Labute approximate surface area is 155 Å². The topological polar surface area (TPSA) is 65.5 Å². The molecule has 1 saturated heterocycles. The summed E-state index contributed by atoms with van der Waals surface area (Å²) in [7, 11) is 0. The lowest BCUT2D eigenvalue weighted by Gasteiger charge is -2.30. The van der Waals surface area contributed by atoms with Crippen LogP contribution in [0.1, 0.15) is 47.4 Å². The maximum absolute atomic E-state index is 12.5. The van der Waals surface area contributed by atoms with Gasteiger partial charge >= 0.3 is 0 Å². The highest BCUT2D eigenvalue weighted by molar-refractivity contribution is 5.94. The predicted octanol–water partition coefficient (Wildman–Crippen LogP) is 3.41. The third-order valence-corrected chi connectivity index (χ3v) is 4.98. The fourth-order valence-corrected chi connectivity index (χ4v) is 3.22. The normalized spacial score (nSPS) is 16.3. The van der Waals surface area contributed by atoms with Gasteiger partial charge in [-0.1, -0.05) is 36.8 Å². The largest absolute Gasteiger partial charge is 0.387 e. The molecule has 0 aliphatic carbocycles. The van der Waals surface area contributed by atoms with Crippen LogP contribution in [0.3, 0.4) is 0 Å². The van der Waals surface area contributed by atoms with Crippen molar-refractivity contribution < 1.29 is 9.90 Å². The molecule has 0 saturated carbocycles. The summed E-state index contributed by atoms with van der Waals surface area (Å²) in [6, 6.07) is 11.4. The van der Waals surface area contributed by atoms with Gasteiger partial charge in [-0.3, -0.25) is 4.79 Å². The van der Waals surface area contributed by atoms with Crippen LogP contribution in [0.4, 0.5) is 5.82 Å². The quantitative estimate of drug-likeness (QED) is 0.864. The first-order valence-corrected chi connectivity index (χ1v) is 9.27. The van der Waals surface area contributed by atoms with Gasteiger partial charge in [0.05, 0.1) is 11.7 Å². The van der Waals surface area contributed by atoms with Gasteiger partial charge in [0.15, 0.2) is 0 Å². The minimum atomic E-state index is -0.603. The van der Waals surface area contributed by atoms with Crippen LogP contribution >= 0.6 is 0 Å². The molecule has 0 bridgehead atoms. The summed E-state index contributed by atoms with van der Waals surface area (Å²) in [5, 5.41) is 13.4. The van der Waals surface area contributed by atoms with Crippen molar-refractivity contribution in [2.24, 2.45) is 5.92 Å². The first-order chi connectivity index (χ1) is 12.5. The second-order valence-corrected chi connectivity index (χ2v) is 7.22. The molecule has 1 aliphatic heterocycles. The van der Waals surface area contributed by atoms with Crippen molar-refractivity contribution in [3.8, 4) is 0 Å². The molecule has 2 aromatic rings. The van der Waals surface area contributed by atoms with Crippen LogP contribution in [0, 0.1) is 12.8 Å². The molecule has 1 atom stereocenters. The van der Waals surface area contributed by atoms with E-state index in [0.717, 1.165) is 37.1 Å². The number of hydrogen-bond donors (Lipinski definition) is 2. The van der Waals surface area contributed by atoms with Crippen LogP contribution in [-0.4, -0.2) is 40.5 Å². The number of piperidine rings is 1. The van der Waals surface area contributed by atoms with Gasteiger partial charge in [-0.2, -0.15) is 0 Å². The zero-order chi connectivity index (χ0) is 18.5. The van der Waals surface area contributed by atoms with E-state index in [2.05, 4.69) is 17.2 Å². The molecule has 1 unspecified atom stereocenters. The Bertz CT molecular complexity index is 737. The van der Waals surface area contributed by atoms with Gasteiger partial charge in [-0.05, 0) is 43.4 Å². The van der Waals surface area contributed by atoms with E-state index in [0.29, 0.717) is 23.8 Å². The number of carbonyl (C=O) groups is 1. The molecule has 2 N–H and O–H groups in total. The number of aliphatic hydroxyl groups excluding tert-OH is 1. The highest BCUT2D eigenvalue weighted by atomic mass is 16.3. The highest BCUT2D eigenvalue weighted by Crippen LogP contribution is 2.19. The summed E-state index contributed by atoms with van der Waals surface area (Å²) < 4.78 is 0. The molecular formula is C21H27N3O2. The minimum Gasteiger partial charge on any atom is -0.387 e. The number of rotatable bonds is 5. The van der Waals surface area contributed by atoms with Crippen molar-refractivity contribution >= 4 is 11.7 Å². The maximum atomic E-state index is 12.5. The second kappa shape index (κ2) is 8.32. The average Bonchev–Trinajstić information content (AvgIpc) is 2.66. The standard InChI is InChI=1S/C21H27N3O2/c1-15-8-10-24(11-9-15)21(26)18-6-7-20(22-13-18)23-14-19(25)17-5-3-4-16(2)12-17/h3-7,12-13,15,19,25H,8-11,14H2,1-2H3,(H,22,23). The lowest BCUT2D eigenvalue weighted by Crippen LogP contribution is -2.37. The number of likely N-dealkylation sites (tertiary alicyclic amines) is 1. The highest BCUT2D eigenvalue weighted by Gasteiger charge is 2.21. The van der Waals surface area contributed by atoms with Crippen molar-refractivity contribution in [3.05, 3.63) is 59.3 Å². The molecule has 0 radical (unpaired) electrons. The molecule has 5 nitrogen and oxygen atoms in total. The molecule has 138 valence electrons. The van der Waals surface area contributed by atoms with E-state index in [4.69, 9.17) is 0 Å². The number of nitrogens with one attached hydrogen (secondary N) is 1. The van der Waals surface area contributed by atoms with E-state index in [-0.39, 0.29) is 5.91 Å². The summed E-state index contributed by atoms with van der Waals surface area (Å²) >= 11 is 0. The van der Waals surface area contributed by atoms with Crippen molar-refractivity contribution in [2.75, 3.05) is 25.0 Å². The Hall–Kier alpha value is -2.40. The molecule has 0 spiro atoms. The predicted molar refractivity (Wildman–Crippen MR) is 103 cm³/mol. The maximum Gasteiger partial charge on any atom is 0.255 e. The van der Waals surface area contributed by atoms with Crippen LogP contribution < -0.4 is 5.32 Å². The number of aromatic nitrogens is 1. The number of nitrogens with zero attached hydrogens (tertiary/aromatic N) is 2. The number of benzene rings is 1. The van der Waals surface area contributed by atoms with Gasteiger partial charge in [0.25, 0.3) is 5.91 Å². The summed E-state index contributed by atoms with van der Waals surface area (Å²) in [5.41, 5.74) is 2.61. The number of pyridine rings is 1. The summed E-state index contributed by atoms with van der Waals surface area (Å²) in [6.45, 7) is 6.25. The van der Waals surface area contributed by atoms with Crippen molar-refractivity contribution in [1.82, 2.24) is 9.88 Å². The Kier molecular flexibility index (Phi) is 5.89. The number of aryl methyl sites for hydroxylation is 1. The van der Waals surface area contributed by atoms with Gasteiger partial charge in [0.1, 0.15) is 5.82 Å². The molecule has 1 fully saturated rings. The lowest BCUT2D eigenvalue weighted by molar-refractivity contribution is 0.0697. The summed E-state index contributed by atoms with van der Waals surface area (Å²) in [4.78, 5) is 18.8.